The maximum Gasteiger partial charge on any atom is 0.318 e. The standard InChI is InChI=1S/C18H29N3O2/c1-16(14-20-10-6-3-7-11-20)19-18(23)21(12-13-22)15-17-8-4-2-5-9-17/h2,4-5,8-9,16,22H,3,6-7,10-15H2,1H3,(H,19,23). The first kappa shape index (κ1) is 17.8. The number of rotatable bonds is 7. The van der Waals surface area contributed by atoms with Gasteiger partial charge in [0.2, 0.25) is 0 Å². The molecule has 2 amide bonds. The Labute approximate surface area is 139 Å². The third-order valence-electron chi connectivity index (χ3n) is 4.22. The topological polar surface area (TPSA) is 55.8 Å². The molecule has 1 fully saturated rings. The van der Waals surface area contributed by atoms with Crippen molar-refractivity contribution in [3.05, 3.63) is 35.9 Å². The maximum absolute atomic E-state index is 12.5. The van der Waals surface area contributed by atoms with Crippen molar-refractivity contribution < 1.29 is 9.90 Å². The van der Waals surface area contributed by atoms with E-state index in [9.17, 15) is 9.90 Å². The molecular formula is C18H29N3O2. The summed E-state index contributed by atoms with van der Waals surface area (Å²) < 4.78 is 0. The van der Waals surface area contributed by atoms with Gasteiger partial charge in [0, 0.05) is 25.7 Å². The highest BCUT2D eigenvalue weighted by Crippen LogP contribution is 2.09. The Morgan fingerprint density at radius 3 is 2.61 bits per heavy atom. The van der Waals surface area contributed by atoms with E-state index in [0.29, 0.717) is 13.1 Å². The molecule has 2 rings (SSSR count). The number of likely N-dealkylation sites (tertiary alicyclic amines) is 1. The number of aliphatic hydroxyl groups is 1. The summed E-state index contributed by atoms with van der Waals surface area (Å²) in [5.41, 5.74) is 1.07. The van der Waals surface area contributed by atoms with Crippen LogP contribution in [0.4, 0.5) is 4.79 Å². The Balaban J connectivity index is 1.84. The van der Waals surface area contributed by atoms with E-state index in [0.717, 1.165) is 25.2 Å². The van der Waals surface area contributed by atoms with Crippen LogP contribution in [-0.4, -0.2) is 59.8 Å². The van der Waals surface area contributed by atoms with Gasteiger partial charge in [-0.15, -0.1) is 0 Å². The van der Waals surface area contributed by atoms with Crippen LogP contribution in [0.3, 0.4) is 0 Å². The zero-order valence-corrected chi connectivity index (χ0v) is 14.1. The fourth-order valence-electron chi connectivity index (χ4n) is 3.05. The molecule has 0 radical (unpaired) electrons. The largest absolute Gasteiger partial charge is 0.395 e. The number of nitrogens with one attached hydrogen (secondary N) is 1. The summed E-state index contributed by atoms with van der Waals surface area (Å²) in [7, 11) is 0. The van der Waals surface area contributed by atoms with Crippen molar-refractivity contribution in [3.8, 4) is 0 Å². The lowest BCUT2D eigenvalue weighted by Gasteiger charge is -2.31. The van der Waals surface area contributed by atoms with Crippen LogP contribution in [-0.2, 0) is 6.54 Å². The van der Waals surface area contributed by atoms with Crippen LogP contribution in [0.25, 0.3) is 0 Å². The number of nitrogens with zero attached hydrogens (tertiary/aromatic N) is 2. The molecule has 0 aliphatic carbocycles. The minimum atomic E-state index is -0.104. The highest BCUT2D eigenvalue weighted by Gasteiger charge is 2.18. The van der Waals surface area contributed by atoms with E-state index in [1.54, 1.807) is 4.90 Å². The van der Waals surface area contributed by atoms with Gasteiger partial charge in [0.05, 0.1) is 6.61 Å². The molecule has 1 atom stereocenters. The van der Waals surface area contributed by atoms with E-state index in [1.807, 2.05) is 37.3 Å². The molecule has 1 heterocycles. The molecule has 2 N–H and O–H groups in total. The van der Waals surface area contributed by atoms with E-state index in [4.69, 9.17) is 0 Å². The minimum absolute atomic E-state index is 0.0270. The third kappa shape index (κ3) is 6.20. The molecule has 0 aromatic heterocycles. The first-order valence-corrected chi connectivity index (χ1v) is 8.61. The van der Waals surface area contributed by atoms with Gasteiger partial charge < -0.3 is 20.2 Å². The highest BCUT2D eigenvalue weighted by atomic mass is 16.3. The number of benzene rings is 1. The summed E-state index contributed by atoms with van der Waals surface area (Å²) in [4.78, 5) is 16.6. The molecule has 1 aromatic carbocycles. The molecule has 0 spiro atoms. The van der Waals surface area contributed by atoms with Gasteiger partial charge in [-0.05, 0) is 38.4 Å². The van der Waals surface area contributed by atoms with Crippen LogP contribution in [0.15, 0.2) is 30.3 Å². The first-order valence-electron chi connectivity index (χ1n) is 8.61. The second-order valence-electron chi connectivity index (χ2n) is 6.34. The molecule has 1 saturated heterocycles. The molecule has 0 saturated carbocycles. The molecule has 1 aliphatic rings. The Morgan fingerprint density at radius 2 is 1.96 bits per heavy atom. The van der Waals surface area contributed by atoms with E-state index >= 15 is 0 Å². The number of hydrogen-bond acceptors (Lipinski definition) is 3. The smallest absolute Gasteiger partial charge is 0.318 e. The van der Waals surface area contributed by atoms with E-state index in [-0.39, 0.29) is 18.7 Å². The lowest BCUT2D eigenvalue weighted by molar-refractivity contribution is 0.163. The Bertz CT molecular complexity index is 461. The summed E-state index contributed by atoms with van der Waals surface area (Å²) in [6, 6.07) is 9.88. The highest BCUT2D eigenvalue weighted by molar-refractivity contribution is 5.74. The third-order valence-corrected chi connectivity index (χ3v) is 4.22. The maximum atomic E-state index is 12.5. The first-order chi connectivity index (χ1) is 11.2. The van der Waals surface area contributed by atoms with E-state index in [1.165, 1.54) is 19.3 Å². The van der Waals surface area contributed by atoms with Crippen molar-refractivity contribution in [1.29, 1.82) is 0 Å². The molecule has 1 aliphatic heterocycles. The van der Waals surface area contributed by atoms with Crippen LogP contribution < -0.4 is 5.32 Å². The zero-order chi connectivity index (χ0) is 16.5. The summed E-state index contributed by atoms with van der Waals surface area (Å²) in [6.45, 7) is 6.03. The van der Waals surface area contributed by atoms with Crippen LogP contribution in [0.1, 0.15) is 31.7 Å². The number of urea groups is 1. The average molecular weight is 319 g/mol. The monoisotopic (exact) mass is 319 g/mol. The lowest BCUT2D eigenvalue weighted by atomic mass is 10.1. The SMILES string of the molecule is CC(CN1CCCCC1)NC(=O)N(CCO)Cc1ccccc1. The van der Waals surface area contributed by atoms with Crippen molar-refractivity contribution >= 4 is 6.03 Å². The number of carbonyl (C=O) groups is 1. The lowest BCUT2D eigenvalue weighted by Crippen LogP contribution is -2.49. The fourth-order valence-corrected chi connectivity index (χ4v) is 3.05. The van der Waals surface area contributed by atoms with Gasteiger partial charge in [0.15, 0.2) is 0 Å². The van der Waals surface area contributed by atoms with Gasteiger partial charge in [0.25, 0.3) is 0 Å². The Kier molecular flexibility index (Phi) is 7.36. The number of hydrogen-bond donors (Lipinski definition) is 2. The van der Waals surface area contributed by atoms with Gasteiger partial charge in [0.1, 0.15) is 0 Å². The van der Waals surface area contributed by atoms with Crippen LogP contribution in [0, 0.1) is 0 Å². The Morgan fingerprint density at radius 1 is 1.26 bits per heavy atom. The summed E-state index contributed by atoms with van der Waals surface area (Å²) in [5, 5.41) is 12.3. The molecule has 1 unspecified atom stereocenters. The normalized spacial score (nSPS) is 16.8. The predicted molar refractivity (Wildman–Crippen MR) is 92.2 cm³/mol. The molecule has 5 heteroatoms. The summed E-state index contributed by atoms with van der Waals surface area (Å²) >= 11 is 0. The molecular weight excluding hydrogens is 290 g/mol. The Hall–Kier alpha value is -1.59. The minimum Gasteiger partial charge on any atom is -0.395 e. The second kappa shape index (κ2) is 9.53. The molecule has 23 heavy (non-hydrogen) atoms. The molecule has 1 aromatic rings. The van der Waals surface area contributed by atoms with Gasteiger partial charge in [-0.2, -0.15) is 0 Å². The van der Waals surface area contributed by atoms with Crippen molar-refractivity contribution in [2.75, 3.05) is 32.8 Å². The van der Waals surface area contributed by atoms with Gasteiger partial charge in [-0.1, -0.05) is 36.8 Å². The van der Waals surface area contributed by atoms with E-state index < -0.39 is 0 Å². The number of amides is 2. The number of piperidine rings is 1. The van der Waals surface area contributed by atoms with Crippen LogP contribution in [0.5, 0.6) is 0 Å². The quantitative estimate of drug-likeness (QED) is 0.809. The van der Waals surface area contributed by atoms with Gasteiger partial charge >= 0.3 is 6.03 Å². The fraction of sp³-hybridized carbons (Fsp3) is 0.611. The summed E-state index contributed by atoms with van der Waals surface area (Å²) in [6.07, 6.45) is 3.83. The van der Waals surface area contributed by atoms with Crippen molar-refractivity contribution in [2.45, 2.75) is 38.8 Å². The second-order valence-corrected chi connectivity index (χ2v) is 6.34. The molecule has 128 valence electrons. The number of carbonyl (C=O) groups excluding carboxylic acids is 1. The zero-order valence-electron chi connectivity index (χ0n) is 14.1. The molecule has 5 nitrogen and oxygen atoms in total. The predicted octanol–water partition coefficient (Wildman–Crippen LogP) is 2.06. The number of aliphatic hydroxyl groups excluding tert-OH is 1. The van der Waals surface area contributed by atoms with Crippen molar-refractivity contribution in [1.82, 2.24) is 15.1 Å². The average Bonchev–Trinajstić information content (AvgIpc) is 2.56. The van der Waals surface area contributed by atoms with E-state index in [2.05, 4.69) is 10.2 Å². The van der Waals surface area contributed by atoms with Crippen molar-refractivity contribution in [2.24, 2.45) is 0 Å². The van der Waals surface area contributed by atoms with Crippen molar-refractivity contribution in [3.63, 3.8) is 0 Å². The molecule has 0 bridgehead atoms. The van der Waals surface area contributed by atoms with Crippen LogP contribution in [0.2, 0.25) is 0 Å². The van der Waals surface area contributed by atoms with Gasteiger partial charge in [-0.25, -0.2) is 4.79 Å². The van der Waals surface area contributed by atoms with Gasteiger partial charge in [-0.3, -0.25) is 0 Å². The van der Waals surface area contributed by atoms with Crippen LogP contribution >= 0.6 is 0 Å². The summed E-state index contributed by atoms with van der Waals surface area (Å²) in [5.74, 6) is 0.